The molecule has 10 nitrogen and oxygen atoms in total. The summed E-state index contributed by atoms with van der Waals surface area (Å²) in [4.78, 5) is 38.9. The molecule has 2 N–H and O–H groups in total. The molecule has 1 aromatic carbocycles. The summed E-state index contributed by atoms with van der Waals surface area (Å²) in [5, 5.41) is 0. The van der Waals surface area contributed by atoms with E-state index in [-0.39, 0.29) is 17.9 Å². The maximum atomic E-state index is 12.8. The Hall–Kier alpha value is -3.67. The fraction of sp³-hybridized carbons (Fsp3) is 0.414. The number of carbonyl (C=O) groups is 1. The molecule has 2 aliphatic heterocycles. The standard InChI is InChI=1S/C29H34N8O2S/c1-4-23(38)37-9-8-35(3)17-22(37)19-6-5-7-20(14-19)25-18(2)24-26(40-25)28(36-10-12-39-13-11-36)34-27(33-24)21-15-31-29(30)32-16-21/h5-7,14-16,22H,4,8-13,17H2,1-3H3,(H2,30,31,32). The van der Waals surface area contributed by atoms with E-state index in [1.165, 1.54) is 0 Å². The number of thiophene rings is 1. The molecule has 11 heteroatoms. The van der Waals surface area contributed by atoms with Gasteiger partial charge in [0.05, 0.1) is 35.0 Å². The van der Waals surface area contributed by atoms with Crippen LogP contribution in [0.15, 0.2) is 36.7 Å². The van der Waals surface area contributed by atoms with Crippen LogP contribution in [0.25, 0.3) is 32.0 Å². The number of amides is 1. The van der Waals surface area contributed by atoms with Crippen molar-refractivity contribution < 1.29 is 9.53 Å². The van der Waals surface area contributed by atoms with Gasteiger partial charge in [0.1, 0.15) is 0 Å². The van der Waals surface area contributed by atoms with Crippen molar-refractivity contribution in [3.05, 3.63) is 47.8 Å². The number of aryl methyl sites for hydroxylation is 1. The Morgan fingerprint density at radius 1 is 1.10 bits per heavy atom. The number of aromatic nitrogens is 4. The monoisotopic (exact) mass is 558 g/mol. The van der Waals surface area contributed by atoms with Crippen molar-refractivity contribution in [3.63, 3.8) is 0 Å². The molecule has 0 radical (unpaired) electrons. The average Bonchev–Trinajstić information content (AvgIpc) is 3.33. The molecule has 3 aromatic heterocycles. The van der Waals surface area contributed by atoms with Crippen LogP contribution in [-0.2, 0) is 9.53 Å². The molecule has 1 atom stereocenters. The highest BCUT2D eigenvalue weighted by Gasteiger charge is 2.30. The number of hydrogen-bond donors (Lipinski definition) is 1. The molecule has 2 fully saturated rings. The van der Waals surface area contributed by atoms with Crippen LogP contribution >= 0.6 is 11.3 Å². The summed E-state index contributed by atoms with van der Waals surface area (Å²) in [7, 11) is 2.12. The van der Waals surface area contributed by atoms with E-state index in [4.69, 9.17) is 20.4 Å². The molecule has 0 bridgehead atoms. The van der Waals surface area contributed by atoms with Gasteiger partial charge in [-0.1, -0.05) is 25.1 Å². The number of benzene rings is 1. The van der Waals surface area contributed by atoms with Gasteiger partial charge in [0.15, 0.2) is 11.6 Å². The van der Waals surface area contributed by atoms with Crippen molar-refractivity contribution in [1.82, 2.24) is 29.7 Å². The highest BCUT2D eigenvalue weighted by molar-refractivity contribution is 7.23. The van der Waals surface area contributed by atoms with Crippen molar-refractivity contribution in [2.45, 2.75) is 26.3 Å². The van der Waals surface area contributed by atoms with E-state index in [2.05, 4.69) is 58.0 Å². The van der Waals surface area contributed by atoms with Gasteiger partial charge in [-0.05, 0) is 36.7 Å². The number of fused-ring (bicyclic) bond motifs is 1. The number of rotatable bonds is 5. The Morgan fingerprint density at radius 2 is 1.88 bits per heavy atom. The Balaban J connectivity index is 1.46. The quantitative estimate of drug-likeness (QED) is 0.391. The molecule has 0 spiro atoms. The van der Waals surface area contributed by atoms with Crippen LogP contribution in [0, 0.1) is 6.92 Å². The minimum Gasteiger partial charge on any atom is -0.378 e. The Kier molecular flexibility index (Phi) is 7.35. The van der Waals surface area contributed by atoms with Crippen molar-refractivity contribution >= 4 is 39.2 Å². The van der Waals surface area contributed by atoms with E-state index < -0.39 is 0 Å². The summed E-state index contributed by atoms with van der Waals surface area (Å²) in [6.45, 7) is 9.37. The van der Waals surface area contributed by atoms with Crippen LogP contribution in [0.4, 0.5) is 11.8 Å². The first kappa shape index (κ1) is 26.5. The van der Waals surface area contributed by atoms with Crippen LogP contribution in [0.2, 0.25) is 0 Å². The van der Waals surface area contributed by atoms with Gasteiger partial charge >= 0.3 is 0 Å². The van der Waals surface area contributed by atoms with Gasteiger partial charge in [-0.2, -0.15) is 0 Å². The van der Waals surface area contributed by atoms with E-state index in [0.29, 0.717) is 25.5 Å². The van der Waals surface area contributed by atoms with Crippen molar-refractivity contribution in [1.29, 1.82) is 0 Å². The lowest BCUT2D eigenvalue weighted by molar-refractivity contribution is -0.135. The maximum Gasteiger partial charge on any atom is 0.222 e. The van der Waals surface area contributed by atoms with Crippen molar-refractivity contribution in [3.8, 4) is 21.8 Å². The smallest absolute Gasteiger partial charge is 0.222 e. The zero-order valence-corrected chi connectivity index (χ0v) is 23.9. The second-order valence-corrected chi connectivity index (χ2v) is 11.4. The summed E-state index contributed by atoms with van der Waals surface area (Å²) in [5.74, 6) is 1.90. The normalized spacial score (nSPS) is 18.4. The van der Waals surface area contributed by atoms with Crippen LogP contribution in [0.1, 0.15) is 30.5 Å². The van der Waals surface area contributed by atoms with Crippen molar-refractivity contribution in [2.24, 2.45) is 0 Å². The van der Waals surface area contributed by atoms with Gasteiger partial charge < -0.3 is 25.2 Å². The number of carbonyl (C=O) groups excluding carboxylic acids is 1. The first-order chi connectivity index (χ1) is 19.4. The Labute approximate surface area is 237 Å². The molecule has 2 saturated heterocycles. The predicted molar refractivity (Wildman–Crippen MR) is 158 cm³/mol. The number of likely N-dealkylation sites (N-methyl/N-ethyl adjacent to an activating group) is 1. The van der Waals surface area contributed by atoms with Crippen LogP contribution in [0.5, 0.6) is 0 Å². The molecule has 40 heavy (non-hydrogen) atoms. The summed E-state index contributed by atoms with van der Waals surface area (Å²) in [6.07, 6.45) is 3.85. The van der Waals surface area contributed by atoms with Gasteiger partial charge in [-0.15, -0.1) is 11.3 Å². The molecule has 208 valence electrons. The van der Waals surface area contributed by atoms with Gasteiger partial charge in [-0.3, -0.25) is 4.79 Å². The number of anilines is 2. The minimum atomic E-state index is 0.0293. The second kappa shape index (κ2) is 11.1. The fourth-order valence-corrected chi connectivity index (χ4v) is 6.77. The number of piperazine rings is 1. The topological polar surface area (TPSA) is 114 Å². The lowest BCUT2D eigenvalue weighted by Gasteiger charge is -2.40. The van der Waals surface area contributed by atoms with Crippen LogP contribution < -0.4 is 10.6 Å². The molecule has 5 heterocycles. The van der Waals surface area contributed by atoms with Crippen LogP contribution in [-0.4, -0.2) is 88.6 Å². The number of morpholine rings is 1. The minimum absolute atomic E-state index is 0.0293. The zero-order valence-electron chi connectivity index (χ0n) is 23.1. The number of hydrogen-bond acceptors (Lipinski definition) is 10. The zero-order chi connectivity index (χ0) is 27.8. The third-order valence-corrected chi connectivity index (χ3v) is 9.05. The van der Waals surface area contributed by atoms with E-state index in [0.717, 1.165) is 75.9 Å². The van der Waals surface area contributed by atoms with E-state index in [1.54, 1.807) is 23.7 Å². The summed E-state index contributed by atoms with van der Waals surface area (Å²) in [6, 6.07) is 8.67. The average molecular weight is 559 g/mol. The highest BCUT2D eigenvalue weighted by Crippen LogP contribution is 2.43. The molecule has 1 unspecified atom stereocenters. The molecule has 0 aliphatic carbocycles. The lowest BCUT2D eigenvalue weighted by Crippen LogP contribution is -2.49. The van der Waals surface area contributed by atoms with E-state index >= 15 is 0 Å². The molecule has 6 rings (SSSR count). The number of ether oxygens (including phenoxy) is 1. The van der Waals surface area contributed by atoms with Gasteiger partial charge in [0.2, 0.25) is 11.9 Å². The highest BCUT2D eigenvalue weighted by atomic mass is 32.1. The maximum absolute atomic E-state index is 12.8. The molecule has 1 amide bonds. The molecule has 4 aromatic rings. The first-order valence-corrected chi connectivity index (χ1v) is 14.5. The predicted octanol–water partition coefficient (Wildman–Crippen LogP) is 3.77. The molecular formula is C29H34N8O2S. The van der Waals surface area contributed by atoms with Gasteiger partial charge in [0.25, 0.3) is 0 Å². The van der Waals surface area contributed by atoms with Gasteiger partial charge in [0, 0.05) is 56.4 Å². The Bertz CT molecular complexity index is 1530. The van der Waals surface area contributed by atoms with Crippen molar-refractivity contribution in [2.75, 3.05) is 63.6 Å². The summed E-state index contributed by atoms with van der Waals surface area (Å²) < 4.78 is 6.68. The van der Waals surface area contributed by atoms with Crippen LogP contribution in [0.3, 0.4) is 0 Å². The number of nitrogens with zero attached hydrogens (tertiary/aromatic N) is 7. The lowest BCUT2D eigenvalue weighted by atomic mass is 9.98. The largest absolute Gasteiger partial charge is 0.378 e. The molecule has 0 saturated carbocycles. The van der Waals surface area contributed by atoms with E-state index in [1.807, 2.05) is 11.8 Å². The number of nitrogens with two attached hydrogens (primary N) is 1. The van der Waals surface area contributed by atoms with Gasteiger partial charge in [-0.25, -0.2) is 19.9 Å². The third kappa shape index (κ3) is 5.00. The molecule has 2 aliphatic rings. The fourth-order valence-electron chi connectivity index (χ4n) is 5.51. The van der Waals surface area contributed by atoms with E-state index in [9.17, 15) is 4.79 Å². The molecular weight excluding hydrogens is 524 g/mol. The second-order valence-electron chi connectivity index (χ2n) is 10.4. The summed E-state index contributed by atoms with van der Waals surface area (Å²) >= 11 is 1.72. The third-order valence-electron chi connectivity index (χ3n) is 7.73. The SMILES string of the molecule is CCC(=O)N1CCN(C)CC1c1cccc(-c2sc3c(N4CCOCC4)nc(-c4cnc(N)nc4)nc3c2C)c1. The Morgan fingerprint density at radius 3 is 2.62 bits per heavy atom. The number of nitrogen functional groups attached to an aromatic ring is 1. The summed E-state index contributed by atoms with van der Waals surface area (Å²) in [5.41, 5.74) is 10.8. The first-order valence-electron chi connectivity index (χ1n) is 13.7.